The molecule has 5 nitrogen and oxygen atoms in total. The van der Waals surface area contributed by atoms with Crippen molar-refractivity contribution in [3.05, 3.63) is 0 Å². The zero-order chi connectivity index (χ0) is 12.4. The smallest absolute Gasteiger partial charge is 0.306 e. The van der Waals surface area contributed by atoms with E-state index in [1.165, 1.54) is 18.9 Å². The highest BCUT2D eigenvalue weighted by Crippen LogP contribution is 2.13. The molecule has 6 heteroatoms. The summed E-state index contributed by atoms with van der Waals surface area (Å²) in [5.74, 6) is -0.0919. The number of hydrogen-bond donors (Lipinski definition) is 1. The lowest BCUT2D eigenvalue weighted by Gasteiger charge is -2.09. The lowest BCUT2D eigenvalue weighted by atomic mass is 10.3. The molecule has 0 saturated carbocycles. The summed E-state index contributed by atoms with van der Waals surface area (Å²) >= 11 is 1.39. The van der Waals surface area contributed by atoms with Crippen LogP contribution in [0.15, 0.2) is 0 Å². The molecule has 0 rings (SSSR count). The maximum atomic E-state index is 11.2. The van der Waals surface area contributed by atoms with Crippen LogP contribution in [-0.4, -0.2) is 36.5 Å². The van der Waals surface area contributed by atoms with Crippen molar-refractivity contribution in [3.8, 4) is 6.07 Å². The van der Waals surface area contributed by atoms with Crippen LogP contribution in [0.2, 0.25) is 0 Å². The summed E-state index contributed by atoms with van der Waals surface area (Å²) in [6.45, 7) is 2.24. The summed E-state index contributed by atoms with van der Waals surface area (Å²) in [4.78, 5) is 22.1. The van der Waals surface area contributed by atoms with Crippen LogP contribution >= 0.6 is 11.8 Å². The molecular formula is C10H16N2O3S. The molecule has 0 heterocycles. The van der Waals surface area contributed by atoms with Crippen molar-refractivity contribution >= 4 is 23.6 Å². The third-order valence-electron chi connectivity index (χ3n) is 1.74. The average Bonchev–Trinajstić information content (AvgIpc) is 2.26. The lowest BCUT2D eigenvalue weighted by Crippen LogP contribution is -2.26. The van der Waals surface area contributed by atoms with Crippen LogP contribution in [0, 0.1) is 11.3 Å². The Balaban J connectivity index is 3.59. The fraction of sp³-hybridized carbons (Fsp3) is 0.700. The number of hydrogen-bond acceptors (Lipinski definition) is 5. The topological polar surface area (TPSA) is 79.2 Å². The first kappa shape index (κ1) is 14.8. The van der Waals surface area contributed by atoms with E-state index in [1.807, 2.05) is 13.0 Å². The van der Waals surface area contributed by atoms with Crippen molar-refractivity contribution in [1.82, 2.24) is 5.32 Å². The number of carbonyl (C=O) groups is 2. The van der Waals surface area contributed by atoms with Gasteiger partial charge >= 0.3 is 5.97 Å². The van der Waals surface area contributed by atoms with Crippen molar-refractivity contribution in [2.45, 2.75) is 25.0 Å². The predicted octanol–water partition coefficient (Wildman–Crippen LogP) is 0.701. The maximum Gasteiger partial charge on any atom is 0.306 e. The minimum absolute atomic E-state index is 0.0502. The molecule has 0 fully saturated rings. The Kier molecular flexibility index (Phi) is 8.35. The molecule has 0 aromatic heterocycles. The molecule has 0 saturated heterocycles. The van der Waals surface area contributed by atoms with Gasteiger partial charge in [0.15, 0.2) is 0 Å². The van der Waals surface area contributed by atoms with Gasteiger partial charge in [0, 0.05) is 11.8 Å². The van der Waals surface area contributed by atoms with Crippen LogP contribution in [0.25, 0.3) is 0 Å². The lowest BCUT2D eigenvalue weighted by molar-refractivity contribution is -0.140. The predicted molar refractivity (Wildman–Crippen MR) is 61.8 cm³/mol. The molecule has 0 radical (unpaired) electrons. The number of amides is 1. The van der Waals surface area contributed by atoms with Gasteiger partial charge in [-0.25, -0.2) is 0 Å². The van der Waals surface area contributed by atoms with Crippen LogP contribution in [-0.2, 0) is 14.3 Å². The van der Waals surface area contributed by atoms with E-state index in [1.54, 1.807) is 0 Å². The van der Waals surface area contributed by atoms with E-state index in [-0.39, 0.29) is 17.1 Å². The van der Waals surface area contributed by atoms with Crippen LogP contribution in [0.3, 0.4) is 0 Å². The minimum Gasteiger partial charge on any atom is -0.469 e. The number of nitrogens with zero attached hydrogens (tertiary/aromatic N) is 1. The highest BCUT2D eigenvalue weighted by molar-refractivity contribution is 8.00. The third-order valence-corrected chi connectivity index (χ3v) is 2.90. The number of methoxy groups -OCH3 is 1. The molecule has 1 N–H and O–H groups in total. The monoisotopic (exact) mass is 244 g/mol. The quantitative estimate of drug-likeness (QED) is 0.527. The standard InChI is InChI=1S/C10H16N2O3S/c1-8(6-10(14)15-2)16-7-9(13)12-5-3-4-11/h8H,3,5-7H2,1-2H3,(H,12,13). The first-order valence-corrected chi connectivity index (χ1v) is 5.97. The van der Waals surface area contributed by atoms with E-state index < -0.39 is 0 Å². The molecule has 0 aromatic carbocycles. The summed E-state index contributed by atoms with van der Waals surface area (Å²) in [5, 5.41) is 10.9. The fourth-order valence-corrected chi connectivity index (χ4v) is 1.70. The van der Waals surface area contributed by atoms with E-state index in [0.29, 0.717) is 25.1 Å². The number of rotatable bonds is 7. The van der Waals surface area contributed by atoms with Crippen molar-refractivity contribution in [1.29, 1.82) is 5.26 Å². The van der Waals surface area contributed by atoms with Gasteiger partial charge in [0.2, 0.25) is 5.91 Å². The molecule has 0 aromatic rings. The average molecular weight is 244 g/mol. The van der Waals surface area contributed by atoms with Crippen LogP contribution in [0.5, 0.6) is 0 Å². The molecule has 1 atom stereocenters. The number of nitrogens with one attached hydrogen (secondary N) is 1. The molecule has 0 aliphatic heterocycles. The van der Waals surface area contributed by atoms with Crippen molar-refractivity contribution in [2.24, 2.45) is 0 Å². The molecule has 16 heavy (non-hydrogen) atoms. The molecule has 90 valence electrons. The first-order valence-electron chi connectivity index (χ1n) is 4.92. The number of ether oxygens (including phenoxy) is 1. The normalized spacial score (nSPS) is 11.3. The maximum absolute atomic E-state index is 11.2. The largest absolute Gasteiger partial charge is 0.469 e. The number of carbonyl (C=O) groups excluding carboxylic acids is 2. The van der Waals surface area contributed by atoms with Gasteiger partial charge in [0.1, 0.15) is 0 Å². The minimum atomic E-state index is -0.273. The molecule has 1 unspecified atom stereocenters. The second-order valence-corrected chi connectivity index (χ2v) is 4.59. The number of thioether (sulfide) groups is 1. The summed E-state index contributed by atoms with van der Waals surface area (Å²) in [7, 11) is 1.34. The fourth-order valence-electron chi connectivity index (χ4n) is 0.904. The Bertz CT molecular complexity index is 276. The second-order valence-electron chi connectivity index (χ2n) is 3.16. The highest BCUT2D eigenvalue weighted by Gasteiger charge is 2.11. The Morgan fingerprint density at radius 1 is 1.56 bits per heavy atom. The molecule has 1 amide bonds. The molecule has 0 spiro atoms. The Hall–Kier alpha value is -1.22. The Morgan fingerprint density at radius 3 is 2.81 bits per heavy atom. The van der Waals surface area contributed by atoms with E-state index in [2.05, 4.69) is 10.1 Å². The van der Waals surface area contributed by atoms with Gasteiger partial charge in [-0.1, -0.05) is 6.92 Å². The van der Waals surface area contributed by atoms with Crippen molar-refractivity contribution in [3.63, 3.8) is 0 Å². The molecule has 0 aliphatic rings. The molecular weight excluding hydrogens is 228 g/mol. The van der Waals surface area contributed by atoms with Gasteiger partial charge in [-0.15, -0.1) is 11.8 Å². The summed E-state index contributed by atoms with van der Waals surface area (Å²) in [5.41, 5.74) is 0. The molecule has 0 aliphatic carbocycles. The zero-order valence-corrected chi connectivity index (χ0v) is 10.3. The Morgan fingerprint density at radius 2 is 2.25 bits per heavy atom. The Labute approximate surface area is 99.5 Å². The molecule has 0 bridgehead atoms. The third kappa shape index (κ3) is 8.12. The van der Waals surface area contributed by atoms with Gasteiger partial charge < -0.3 is 10.1 Å². The van der Waals surface area contributed by atoms with Crippen LogP contribution in [0.4, 0.5) is 0 Å². The van der Waals surface area contributed by atoms with Gasteiger partial charge in [0.05, 0.1) is 31.8 Å². The second kappa shape index (κ2) is 9.04. The summed E-state index contributed by atoms with van der Waals surface area (Å²) in [6.07, 6.45) is 0.612. The summed E-state index contributed by atoms with van der Waals surface area (Å²) in [6, 6.07) is 1.94. The first-order chi connectivity index (χ1) is 7.60. The highest BCUT2D eigenvalue weighted by atomic mass is 32.2. The summed E-state index contributed by atoms with van der Waals surface area (Å²) < 4.78 is 4.52. The van der Waals surface area contributed by atoms with Crippen LogP contribution in [0.1, 0.15) is 19.8 Å². The van der Waals surface area contributed by atoms with Crippen LogP contribution < -0.4 is 5.32 Å². The van der Waals surface area contributed by atoms with E-state index in [4.69, 9.17) is 5.26 Å². The zero-order valence-electron chi connectivity index (χ0n) is 9.49. The van der Waals surface area contributed by atoms with Crippen molar-refractivity contribution in [2.75, 3.05) is 19.4 Å². The van der Waals surface area contributed by atoms with E-state index in [0.717, 1.165) is 0 Å². The van der Waals surface area contributed by atoms with Gasteiger partial charge in [-0.3, -0.25) is 9.59 Å². The van der Waals surface area contributed by atoms with E-state index >= 15 is 0 Å². The van der Waals surface area contributed by atoms with Gasteiger partial charge in [0.25, 0.3) is 0 Å². The number of nitriles is 1. The van der Waals surface area contributed by atoms with Gasteiger partial charge in [-0.2, -0.15) is 5.26 Å². The number of esters is 1. The SMILES string of the molecule is COC(=O)CC(C)SCC(=O)NCCC#N. The van der Waals surface area contributed by atoms with Crippen molar-refractivity contribution < 1.29 is 14.3 Å². The van der Waals surface area contributed by atoms with E-state index in [9.17, 15) is 9.59 Å². The van der Waals surface area contributed by atoms with Gasteiger partial charge in [-0.05, 0) is 0 Å².